The second kappa shape index (κ2) is 6.46. The second-order valence-corrected chi connectivity index (χ2v) is 6.15. The molecule has 8 heteroatoms. The zero-order valence-electron chi connectivity index (χ0n) is 14.0. The molecule has 3 aromatic rings. The van der Waals surface area contributed by atoms with E-state index >= 15 is 0 Å². The molecule has 0 fully saturated rings. The summed E-state index contributed by atoms with van der Waals surface area (Å²) in [5.74, 6) is 0.0364. The molecule has 0 saturated heterocycles. The summed E-state index contributed by atoms with van der Waals surface area (Å²) in [5.41, 5.74) is 4.59. The third-order valence-electron chi connectivity index (χ3n) is 4.61. The average molecular weight is 337 g/mol. The van der Waals surface area contributed by atoms with E-state index in [1.807, 2.05) is 34.8 Å². The van der Waals surface area contributed by atoms with Crippen molar-refractivity contribution in [3.63, 3.8) is 0 Å². The maximum atomic E-state index is 12.5. The van der Waals surface area contributed by atoms with E-state index in [0.717, 1.165) is 24.1 Å². The van der Waals surface area contributed by atoms with E-state index in [4.69, 9.17) is 5.10 Å². The lowest BCUT2D eigenvalue weighted by Crippen LogP contribution is -2.36. The zero-order valence-corrected chi connectivity index (χ0v) is 14.0. The van der Waals surface area contributed by atoms with Crippen LogP contribution in [0.1, 0.15) is 11.3 Å². The number of amides is 1. The Hall–Kier alpha value is -3.03. The van der Waals surface area contributed by atoms with E-state index in [2.05, 4.69) is 27.7 Å². The van der Waals surface area contributed by atoms with Crippen molar-refractivity contribution in [3.8, 4) is 11.3 Å². The predicted molar refractivity (Wildman–Crippen MR) is 90.4 cm³/mol. The van der Waals surface area contributed by atoms with Crippen molar-refractivity contribution >= 4 is 5.91 Å². The van der Waals surface area contributed by atoms with Crippen molar-refractivity contribution in [3.05, 3.63) is 47.9 Å². The molecule has 0 radical (unpaired) electrons. The Balaban J connectivity index is 1.55. The molecule has 0 bridgehead atoms. The maximum absolute atomic E-state index is 12.5. The summed E-state index contributed by atoms with van der Waals surface area (Å²) in [6.45, 7) is 1.54. The number of carbonyl (C=O) groups excluding carboxylic acids is 1. The number of hydrogen-bond acceptors (Lipinski definition) is 5. The first-order valence-electron chi connectivity index (χ1n) is 8.31. The Morgan fingerprint density at radius 2 is 1.96 bits per heavy atom. The summed E-state index contributed by atoms with van der Waals surface area (Å²) in [7, 11) is 1.98. The van der Waals surface area contributed by atoms with Crippen LogP contribution in [0.3, 0.4) is 0 Å². The van der Waals surface area contributed by atoms with E-state index in [1.165, 1.54) is 22.3 Å². The van der Waals surface area contributed by atoms with Gasteiger partial charge in [0, 0.05) is 43.4 Å². The van der Waals surface area contributed by atoms with Crippen LogP contribution in [0.4, 0.5) is 0 Å². The Labute approximate surface area is 145 Å². The fourth-order valence-corrected chi connectivity index (χ4v) is 3.35. The fourth-order valence-electron chi connectivity index (χ4n) is 3.35. The van der Waals surface area contributed by atoms with Gasteiger partial charge in [-0.15, -0.1) is 5.10 Å². The third-order valence-corrected chi connectivity index (χ3v) is 4.61. The number of fused-ring (bicyclic) bond motifs is 1. The molecule has 1 aliphatic rings. The van der Waals surface area contributed by atoms with Gasteiger partial charge >= 0.3 is 0 Å². The van der Waals surface area contributed by atoms with Crippen molar-refractivity contribution in [2.24, 2.45) is 7.05 Å². The topological polar surface area (TPSA) is 81.7 Å². The molecule has 128 valence electrons. The van der Waals surface area contributed by atoms with Gasteiger partial charge in [0.1, 0.15) is 12.9 Å². The summed E-state index contributed by atoms with van der Waals surface area (Å²) >= 11 is 0. The van der Waals surface area contributed by atoms with Crippen LogP contribution in [-0.4, -0.2) is 53.9 Å². The highest BCUT2D eigenvalue weighted by Gasteiger charge is 2.24. The molecule has 0 aliphatic carbocycles. The number of hydrogen-bond donors (Lipinski definition) is 0. The lowest BCUT2D eigenvalue weighted by atomic mass is 10.0. The van der Waals surface area contributed by atoms with Gasteiger partial charge in [-0.05, 0) is 16.8 Å². The van der Waals surface area contributed by atoms with Gasteiger partial charge in [0.05, 0.1) is 5.69 Å². The van der Waals surface area contributed by atoms with Crippen molar-refractivity contribution in [1.82, 2.24) is 34.9 Å². The smallest absolute Gasteiger partial charge is 0.244 e. The monoisotopic (exact) mass is 337 g/mol. The third kappa shape index (κ3) is 3.02. The molecule has 0 saturated carbocycles. The van der Waals surface area contributed by atoms with Gasteiger partial charge in [0.2, 0.25) is 5.91 Å². The molecular formula is C17H19N7O. The van der Waals surface area contributed by atoms with Crippen molar-refractivity contribution in [1.29, 1.82) is 0 Å². The Bertz CT molecular complexity index is 870. The predicted octanol–water partition coefficient (Wildman–Crippen LogP) is 0.701. The first-order chi connectivity index (χ1) is 12.2. The Morgan fingerprint density at radius 1 is 1.16 bits per heavy atom. The van der Waals surface area contributed by atoms with E-state index in [9.17, 15) is 4.79 Å². The van der Waals surface area contributed by atoms with Crippen LogP contribution in [0.25, 0.3) is 11.3 Å². The number of nitrogens with zero attached hydrogens (tertiary/aromatic N) is 7. The first kappa shape index (κ1) is 15.5. The van der Waals surface area contributed by atoms with E-state index < -0.39 is 0 Å². The lowest BCUT2D eigenvalue weighted by Gasteiger charge is -2.20. The molecule has 8 nitrogen and oxygen atoms in total. The molecule has 0 unspecified atom stereocenters. The molecule has 4 rings (SSSR count). The van der Waals surface area contributed by atoms with E-state index in [1.54, 1.807) is 0 Å². The van der Waals surface area contributed by atoms with Gasteiger partial charge in [-0.25, -0.2) is 4.68 Å². The van der Waals surface area contributed by atoms with Crippen molar-refractivity contribution < 1.29 is 4.79 Å². The quantitative estimate of drug-likeness (QED) is 0.703. The summed E-state index contributed by atoms with van der Waals surface area (Å²) < 4.78 is 3.41. The van der Waals surface area contributed by atoms with Gasteiger partial charge in [-0.1, -0.05) is 30.3 Å². The molecule has 0 N–H and O–H groups in total. The molecule has 3 heterocycles. The maximum Gasteiger partial charge on any atom is 0.244 e. The minimum atomic E-state index is 0.0364. The highest BCUT2D eigenvalue weighted by atomic mass is 16.2. The van der Waals surface area contributed by atoms with Crippen LogP contribution >= 0.6 is 0 Å². The van der Waals surface area contributed by atoms with Crippen LogP contribution in [0.5, 0.6) is 0 Å². The summed E-state index contributed by atoms with van der Waals surface area (Å²) in [6, 6.07) is 10.2. The number of rotatable bonds is 3. The van der Waals surface area contributed by atoms with E-state index in [0.29, 0.717) is 13.1 Å². The number of tetrazole rings is 1. The van der Waals surface area contributed by atoms with Crippen LogP contribution in [0, 0.1) is 0 Å². The zero-order chi connectivity index (χ0) is 17.2. The molecule has 1 aliphatic heterocycles. The fraction of sp³-hybridized carbons (Fsp3) is 0.353. The van der Waals surface area contributed by atoms with E-state index in [-0.39, 0.29) is 12.5 Å². The molecule has 25 heavy (non-hydrogen) atoms. The summed E-state index contributed by atoms with van der Waals surface area (Å²) in [6.07, 6.45) is 3.06. The first-order valence-corrected chi connectivity index (χ1v) is 8.31. The summed E-state index contributed by atoms with van der Waals surface area (Å²) in [5, 5.41) is 15.6. The summed E-state index contributed by atoms with van der Waals surface area (Å²) in [4.78, 5) is 14.4. The lowest BCUT2D eigenvalue weighted by molar-refractivity contribution is -0.132. The molecule has 1 aromatic carbocycles. The van der Waals surface area contributed by atoms with Gasteiger partial charge in [-0.2, -0.15) is 5.10 Å². The average Bonchev–Trinajstić information content (AvgIpc) is 3.17. The largest absolute Gasteiger partial charge is 0.340 e. The highest BCUT2D eigenvalue weighted by molar-refractivity contribution is 5.76. The highest BCUT2D eigenvalue weighted by Crippen LogP contribution is 2.27. The van der Waals surface area contributed by atoms with Crippen LogP contribution in [0.15, 0.2) is 36.7 Å². The standard InChI is InChI=1S/C17H19N7O/c1-22-15-8-10-23(16(25)11-24-12-18-20-21-24)9-7-14(15)17(19-22)13-5-3-2-4-6-13/h2-6,12H,7-11H2,1H3. The number of aromatic nitrogens is 6. The Kier molecular flexibility index (Phi) is 4.01. The van der Waals surface area contributed by atoms with Crippen LogP contribution < -0.4 is 0 Å². The SMILES string of the molecule is Cn1nc(-c2ccccc2)c2c1CCN(C(=O)Cn1cnnn1)CC2. The van der Waals surface area contributed by atoms with Gasteiger partial charge in [-0.3, -0.25) is 9.48 Å². The van der Waals surface area contributed by atoms with Crippen LogP contribution in [0.2, 0.25) is 0 Å². The number of benzene rings is 1. The number of aryl methyl sites for hydroxylation is 1. The Morgan fingerprint density at radius 3 is 2.72 bits per heavy atom. The van der Waals surface area contributed by atoms with Crippen molar-refractivity contribution in [2.75, 3.05) is 13.1 Å². The molecular weight excluding hydrogens is 318 g/mol. The molecule has 0 atom stereocenters. The van der Waals surface area contributed by atoms with Gasteiger partial charge < -0.3 is 4.90 Å². The van der Waals surface area contributed by atoms with Crippen LogP contribution in [-0.2, 0) is 31.2 Å². The minimum Gasteiger partial charge on any atom is -0.340 e. The minimum absolute atomic E-state index is 0.0364. The van der Waals surface area contributed by atoms with Gasteiger partial charge in [0.25, 0.3) is 0 Å². The second-order valence-electron chi connectivity index (χ2n) is 6.15. The molecule has 0 spiro atoms. The van der Waals surface area contributed by atoms with Crippen molar-refractivity contribution in [2.45, 2.75) is 19.4 Å². The number of carbonyl (C=O) groups is 1. The molecule has 1 amide bonds. The molecule has 2 aromatic heterocycles. The van der Waals surface area contributed by atoms with Gasteiger partial charge in [0.15, 0.2) is 0 Å². The normalized spacial score (nSPS) is 14.2.